The molecule has 0 aliphatic heterocycles. The van der Waals surface area contributed by atoms with E-state index >= 15 is 0 Å². The minimum atomic E-state index is -0.777. The fourth-order valence-electron chi connectivity index (χ4n) is 3.06. The van der Waals surface area contributed by atoms with Crippen LogP contribution in [0.15, 0.2) is 42.6 Å². The van der Waals surface area contributed by atoms with E-state index < -0.39 is 23.7 Å². The number of carbonyl (C=O) groups is 2. The second-order valence-corrected chi connectivity index (χ2v) is 7.36. The van der Waals surface area contributed by atoms with Crippen molar-refractivity contribution in [3.05, 3.63) is 75.1 Å². The number of nitrogens with two attached hydrogens (primary N) is 1. The first-order valence-electron chi connectivity index (χ1n) is 8.60. The molecule has 0 bridgehead atoms. The highest BCUT2D eigenvalue weighted by Gasteiger charge is 2.24. The number of benzene rings is 2. The molecule has 3 rings (SSSR count). The Morgan fingerprint density at radius 3 is 2.55 bits per heavy atom. The Labute approximate surface area is 176 Å². The zero-order valence-electron chi connectivity index (χ0n) is 15.3. The third kappa shape index (κ3) is 4.75. The Kier molecular flexibility index (Phi) is 6.20. The molecule has 0 saturated carbocycles. The number of primary amides is 1. The Bertz CT molecular complexity index is 1040. The van der Waals surface area contributed by atoms with Gasteiger partial charge in [0.15, 0.2) is 0 Å². The number of nitrogens with zero attached hydrogens (tertiary/aromatic N) is 1. The van der Waals surface area contributed by atoms with Gasteiger partial charge in [-0.1, -0.05) is 35.3 Å². The maximum atomic E-state index is 14.4. The number of H-pyrrole nitrogens is 1. The van der Waals surface area contributed by atoms with Crippen LogP contribution in [0, 0.1) is 12.7 Å². The summed E-state index contributed by atoms with van der Waals surface area (Å²) in [6.45, 7) is 1.73. The molecule has 0 radical (unpaired) electrons. The van der Waals surface area contributed by atoms with Gasteiger partial charge in [0, 0.05) is 15.6 Å². The van der Waals surface area contributed by atoms with Gasteiger partial charge in [-0.2, -0.15) is 5.10 Å². The summed E-state index contributed by atoms with van der Waals surface area (Å²) < 4.78 is 14.4. The fourth-order valence-corrected chi connectivity index (χ4v) is 3.61. The van der Waals surface area contributed by atoms with Gasteiger partial charge in [0.1, 0.15) is 5.82 Å². The summed E-state index contributed by atoms with van der Waals surface area (Å²) in [6, 6.07) is 8.53. The van der Waals surface area contributed by atoms with Crippen LogP contribution in [0.1, 0.15) is 33.9 Å². The highest BCUT2D eigenvalue weighted by atomic mass is 35.5. The van der Waals surface area contributed by atoms with E-state index in [1.165, 1.54) is 18.3 Å². The average molecular weight is 435 g/mol. The minimum Gasteiger partial charge on any atom is -0.370 e. The van der Waals surface area contributed by atoms with E-state index in [2.05, 4.69) is 15.5 Å². The zero-order valence-corrected chi connectivity index (χ0v) is 16.8. The van der Waals surface area contributed by atoms with Crippen molar-refractivity contribution in [2.24, 2.45) is 5.73 Å². The lowest BCUT2D eigenvalue weighted by molar-refractivity contribution is -0.118. The monoisotopic (exact) mass is 434 g/mol. The molecule has 3 aromatic rings. The number of hydrogen-bond donors (Lipinski definition) is 3. The number of hydrogen-bond acceptors (Lipinski definition) is 3. The van der Waals surface area contributed by atoms with Crippen molar-refractivity contribution in [2.75, 3.05) is 0 Å². The van der Waals surface area contributed by atoms with Gasteiger partial charge < -0.3 is 11.1 Å². The summed E-state index contributed by atoms with van der Waals surface area (Å²) in [5, 5.41) is 9.99. The molecule has 150 valence electrons. The summed E-state index contributed by atoms with van der Waals surface area (Å²) >= 11 is 12.1. The quantitative estimate of drug-likeness (QED) is 0.542. The first-order chi connectivity index (χ1) is 13.8. The molecule has 29 heavy (non-hydrogen) atoms. The SMILES string of the molecule is Cc1cccc(F)c1-c1[nH]ncc1C(=O)N[C@H](CC(N)=O)c1cc(Cl)cc(Cl)c1. The van der Waals surface area contributed by atoms with Crippen molar-refractivity contribution in [3.8, 4) is 11.3 Å². The minimum absolute atomic E-state index is 0.126. The van der Waals surface area contributed by atoms with Crippen molar-refractivity contribution in [1.82, 2.24) is 15.5 Å². The molecule has 2 aromatic carbocycles. The summed E-state index contributed by atoms with van der Waals surface area (Å²) in [5.41, 5.74) is 7.10. The van der Waals surface area contributed by atoms with Crippen molar-refractivity contribution >= 4 is 35.0 Å². The van der Waals surface area contributed by atoms with Gasteiger partial charge in [0.25, 0.3) is 5.91 Å². The lowest BCUT2D eigenvalue weighted by Crippen LogP contribution is -2.32. The molecule has 0 aliphatic carbocycles. The standard InChI is InChI=1S/C20H17Cl2FN4O2/c1-10-3-2-4-15(23)18(10)19-14(9-25-27-19)20(29)26-16(8-17(24)28)11-5-12(21)7-13(22)6-11/h2-7,9,16H,8H2,1H3,(H2,24,28)(H,25,27)(H,26,29)/t16-/m1/s1. The Balaban J connectivity index is 1.96. The molecule has 0 unspecified atom stereocenters. The third-order valence-electron chi connectivity index (χ3n) is 4.35. The predicted molar refractivity (Wildman–Crippen MR) is 109 cm³/mol. The highest BCUT2D eigenvalue weighted by molar-refractivity contribution is 6.34. The number of rotatable bonds is 6. The van der Waals surface area contributed by atoms with E-state index in [0.29, 0.717) is 21.2 Å². The van der Waals surface area contributed by atoms with E-state index in [1.807, 2.05) is 0 Å². The lowest BCUT2D eigenvalue weighted by atomic mass is 10.00. The van der Waals surface area contributed by atoms with Gasteiger partial charge >= 0.3 is 0 Å². The second kappa shape index (κ2) is 8.63. The number of carbonyl (C=O) groups excluding carboxylic acids is 2. The summed E-state index contributed by atoms with van der Waals surface area (Å²) in [6.07, 6.45) is 1.12. The van der Waals surface area contributed by atoms with Crippen molar-refractivity contribution in [1.29, 1.82) is 0 Å². The Hall–Kier alpha value is -2.90. The molecule has 1 aromatic heterocycles. The molecule has 1 heterocycles. The van der Waals surface area contributed by atoms with Gasteiger partial charge in [-0.15, -0.1) is 0 Å². The van der Waals surface area contributed by atoms with E-state index in [-0.39, 0.29) is 23.2 Å². The lowest BCUT2D eigenvalue weighted by Gasteiger charge is -2.19. The molecule has 1 atom stereocenters. The normalized spacial score (nSPS) is 11.9. The van der Waals surface area contributed by atoms with Gasteiger partial charge in [-0.25, -0.2) is 4.39 Å². The summed E-state index contributed by atoms with van der Waals surface area (Å²) in [4.78, 5) is 24.5. The van der Waals surface area contributed by atoms with Gasteiger partial charge in [0.05, 0.1) is 29.9 Å². The molecule has 0 aliphatic rings. The number of aryl methyl sites for hydroxylation is 1. The third-order valence-corrected chi connectivity index (χ3v) is 4.79. The molecular weight excluding hydrogens is 418 g/mol. The van der Waals surface area contributed by atoms with Crippen LogP contribution in [0.25, 0.3) is 11.3 Å². The largest absolute Gasteiger partial charge is 0.370 e. The molecule has 0 fully saturated rings. The molecular formula is C20H17Cl2FN4O2. The summed E-state index contributed by atoms with van der Waals surface area (Å²) in [5.74, 6) is -1.67. The van der Waals surface area contributed by atoms with Crippen LogP contribution < -0.4 is 11.1 Å². The van der Waals surface area contributed by atoms with Crippen LogP contribution in [0.5, 0.6) is 0 Å². The number of nitrogens with one attached hydrogen (secondary N) is 2. The molecule has 9 heteroatoms. The van der Waals surface area contributed by atoms with Gasteiger partial charge in [-0.05, 0) is 42.3 Å². The maximum absolute atomic E-state index is 14.4. The number of amides is 2. The first-order valence-corrected chi connectivity index (χ1v) is 9.36. The number of halogens is 3. The van der Waals surface area contributed by atoms with Crippen LogP contribution in [0.4, 0.5) is 4.39 Å². The molecule has 6 nitrogen and oxygen atoms in total. The van der Waals surface area contributed by atoms with Crippen LogP contribution in [-0.2, 0) is 4.79 Å². The van der Waals surface area contributed by atoms with Crippen LogP contribution in [-0.4, -0.2) is 22.0 Å². The smallest absolute Gasteiger partial charge is 0.255 e. The highest BCUT2D eigenvalue weighted by Crippen LogP contribution is 2.29. The number of aromatic nitrogens is 2. The first kappa shape index (κ1) is 20.8. The molecule has 0 saturated heterocycles. The van der Waals surface area contributed by atoms with Crippen molar-refractivity contribution < 1.29 is 14.0 Å². The second-order valence-electron chi connectivity index (χ2n) is 6.49. The number of aromatic amines is 1. The Morgan fingerprint density at radius 2 is 1.93 bits per heavy atom. The fraction of sp³-hybridized carbons (Fsp3) is 0.150. The van der Waals surface area contributed by atoms with Gasteiger partial charge in [0.2, 0.25) is 5.91 Å². The van der Waals surface area contributed by atoms with Crippen molar-refractivity contribution in [3.63, 3.8) is 0 Å². The maximum Gasteiger partial charge on any atom is 0.255 e. The van der Waals surface area contributed by atoms with Gasteiger partial charge in [-0.3, -0.25) is 14.7 Å². The average Bonchev–Trinajstić information content (AvgIpc) is 3.09. The van der Waals surface area contributed by atoms with Crippen LogP contribution in [0.2, 0.25) is 10.0 Å². The van der Waals surface area contributed by atoms with Crippen LogP contribution in [0.3, 0.4) is 0 Å². The van der Waals surface area contributed by atoms with Crippen molar-refractivity contribution in [2.45, 2.75) is 19.4 Å². The summed E-state index contributed by atoms with van der Waals surface area (Å²) in [7, 11) is 0. The van der Waals surface area contributed by atoms with E-state index in [9.17, 15) is 14.0 Å². The van der Waals surface area contributed by atoms with E-state index in [0.717, 1.165) is 0 Å². The zero-order chi connectivity index (χ0) is 21.1. The Morgan fingerprint density at radius 1 is 1.24 bits per heavy atom. The van der Waals surface area contributed by atoms with Crippen LogP contribution >= 0.6 is 23.2 Å². The molecule has 0 spiro atoms. The predicted octanol–water partition coefficient (Wildman–Crippen LogP) is 4.18. The molecule has 4 N–H and O–H groups in total. The topological polar surface area (TPSA) is 101 Å². The van der Waals surface area contributed by atoms with E-state index in [4.69, 9.17) is 28.9 Å². The molecule has 2 amide bonds. The van der Waals surface area contributed by atoms with E-state index in [1.54, 1.807) is 31.2 Å².